The predicted molar refractivity (Wildman–Crippen MR) is 40.6 cm³/mol. The van der Waals surface area contributed by atoms with Gasteiger partial charge < -0.3 is 5.73 Å². The zero-order valence-corrected chi connectivity index (χ0v) is 6.47. The van der Waals surface area contributed by atoms with Gasteiger partial charge in [0, 0.05) is 18.9 Å². The van der Waals surface area contributed by atoms with Crippen molar-refractivity contribution in [2.75, 3.05) is 0 Å². The fourth-order valence-corrected chi connectivity index (χ4v) is 1.09. The topological polar surface area (TPSA) is 43.1 Å². The first-order valence-electron chi connectivity index (χ1n) is 3.95. The van der Waals surface area contributed by atoms with Gasteiger partial charge in [0.25, 0.3) is 0 Å². The van der Waals surface area contributed by atoms with E-state index < -0.39 is 0 Å². The smallest absolute Gasteiger partial charge is 0.134 e. The van der Waals surface area contributed by atoms with E-state index in [-0.39, 0.29) is 6.04 Å². The summed E-state index contributed by atoms with van der Waals surface area (Å²) in [5.41, 5.74) is 5.47. The van der Waals surface area contributed by atoms with Gasteiger partial charge >= 0.3 is 0 Å². The Morgan fingerprint density at radius 2 is 2.30 bits per heavy atom. The van der Waals surface area contributed by atoms with Gasteiger partial charge in [0.05, 0.1) is 0 Å². The molecule has 1 saturated carbocycles. The lowest BCUT2D eigenvalue weighted by molar-refractivity contribution is -0.119. The summed E-state index contributed by atoms with van der Waals surface area (Å²) >= 11 is 0. The van der Waals surface area contributed by atoms with E-state index in [1.54, 1.807) is 0 Å². The van der Waals surface area contributed by atoms with E-state index in [4.69, 9.17) is 5.73 Å². The molecule has 1 unspecified atom stereocenters. The van der Waals surface area contributed by atoms with Gasteiger partial charge in [0.15, 0.2) is 0 Å². The first-order valence-corrected chi connectivity index (χ1v) is 3.95. The standard InChI is InChI=1S/C8H15NO/c1-6(9)4-8(10)5-7-2-3-7/h6-7H,2-5,9H2,1H3. The molecule has 0 spiro atoms. The lowest BCUT2D eigenvalue weighted by atomic mass is 10.1. The van der Waals surface area contributed by atoms with Crippen LogP contribution in [0.4, 0.5) is 0 Å². The maximum atomic E-state index is 11.0. The van der Waals surface area contributed by atoms with Gasteiger partial charge in [-0.3, -0.25) is 4.79 Å². The van der Waals surface area contributed by atoms with Crippen molar-refractivity contribution in [1.29, 1.82) is 0 Å². The molecule has 0 aromatic rings. The first-order chi connectivity index (χ1) is 4.68. The molecule has 0 saturated heterocycles. The number of hydrogen-bond donors (Lipinski definition) is 1. The molecule has 2 nitrogen and oxygen atoms in total. The van der Waals surface area contributed by atoms with Crippen LogP contribution in [0.15, 0.2) is 0 Å². The van der Waals surface area contributed by atoms with Crippen LogP contribution in [0, 0.1) is 5.92 Å². The Balaban J connectivity index is 2.08. The number of rotatable bonds is 4. The monoisotopic (exact) mass is 141 g/mol. The molecule has 0 amide bonds. The van der Waals surface area contributed by atoms with Crippen molar-refractivity contribution >= 4 is 5.78 Å². The van der Waals surface area contributed by atoms with Gasteiger partial charge in [-0.05, 0) is 25.7 Å². The average Bonchev–Trinajstić information content (AvgIpc) is 2.46. The summed E-state index contributed by atoms with van der Waals surface area (Å²) in [6.07, 6.45) is 3.85. The van der Waals surface area contributed by atoms with Gasteiger partial charge in [-0.2, -0.15) is 0 Å². The second kappa shape index (κ2) is 3.15. The quantitative estimate of drug-likeness (QED) is 0.637. The number of carbonyl (C=O) groups is 1. The van der Waals surface area contributed by atoms with Crippen LogP contribution in [0.1, 0.15) is 32.6 Å². The van der Waals surface area contributed by atoms with Crippen LogP contribution in [0.5, 0.6) is 0 Å². The Hall–Kier alpha value is -0.370. The fraction of sp³-hybridized carbons (Fsp3) is 0.875. The highest BCUT2D eigenvalue weighted by Gasteiger charge is 2.24. The molecular formula is C8H15NO. The molecule has 0 radical (unpaired) electrons. The third-order valence-corrected chi connectivity index (χ3v) is 1.76. The number of hydrogen-bond acceptors (Lipinski definition) is 2. The molecule has 0 aromatic carbocycles. The SMILES string of the molecule is CC(N)CC(=O)CC1CC1. The summed E-state index contributed by atoms with van der Waals surface area (Å²) in [4.78, 5) is 11.0. The van der Waals surface area contributed by atoms with Crippen LogP contribution in [-0.2, 0) is 4.79 Å². The number of ketones is 1. The van der Waals surface area contributed by atoms with Crippen LogP contribution in [0.25, 0.3) is 0 Å². The van der Waals surface area contributed by atoms with E-state index in [2.05, 4.69) is 0 Å². The Kier molecular flexibility index (Phi) is 2.44. The van der Waals surface area contributed by atoms with Crippen LogP contribution < -0.4 is 5.73 Å². The molecule has 0 aliphatic heterocycles. The zero-order valence-electron chi connectivity index (χ0n) is 6.47. The molecule has 58 valence electrons. The Morgan fingerprint density at radius 1 is 1.70 bits per heavy atom. The molecule has 2 heteroatoms. The normalized spacial score (nSPS) is 20.6. The van der Waals surface area contributed by atoms with Crippen LogP contribution in [0.2, 0.25) is 0 Å². The molecule has 1 aliphatic rings. The molecule has 10 heavy (non-hydrogen) atoms. The van der Waals surface area contributed by atoms with Crippen LogP contribution >= 0.6 is 0 Å². The highest BCUT2D eigenvalue weighted by atomic mass is 16.1. The van der Waals surface area contributed by atoms with E-state index in [9.17, 15) is 4.79 Å². The molecule has 2 N–H and O–H groups in total. The predicted octanol–water partition coefficient (Wildman–Crippen LogP) is 1.09. The van der Waals surface area contributed by atoms with E-state index in [0.717, 1.165) is 6.42 Å². The fourth-order valence-electron chi connectivity index (χ4n) is 1.09. The highest BCUT2D eigenvalue weighted by molar-refractivity contribution is 5.79. The Morgan fingerprint density at radius 3 is 2.70 bits per heavy atom. The summed E-state index contributed by atoms with van der Waals surface area (Å²) in [5, 5.41) is 0. The van der Waals surface area contributed by atoms with Crippen molar-refractivity contribution in [3.8, 4) is 0 Å². The Labute approximate surface area is 61.8 Å². The zero-order chi connectivity index (χ0) is 7.56. The lowest BCUT2D eigenvalue weighted by Crippen LogP contribution is -2.19. The minimum atomic E-state index is 0.0475. The van der Waals surface area contributed by atoms with E-state index >= 15 is 0 Å². The van der Waals surface area contributed by atoms with E-state index in [1.165, 1.54) is 12.8 Å². The highest BCUT2D eigenvalue weighted by Crippen LogP contribution is 2.32. The maximum absolute atomic E-state index is 11.0. The lowest BCUT2D eigenvalue weighted by Gasteiger charge is -2.01. The van der Waals surface area contributed by atoms with Gasteiger partial charge in [0.1, 0.15) is 5.78 Å². The van der Waals surface area contributed by atoms with Crippen molar-refractivity contribution in [3.05, 3.63) is 0 Å². The molecule has 1 aliphatic carbocycles. The van der Waals surface area contributed by atoms with Crippen LogP contribution in [0.3, 0.4) is 0 Å². The van der Waals surface area contributed by atoms with Crippen molar-refractivity contribution < 1.29 is 4.79 Å². The molecule has 1 atom stereocenters. The van der Waals surface area contributed by atoms with E-state index in [0.29, 0.717) is 18.1 Å². The molecule has 0 bridgehead atoms. The number of nitrogens with two attached hydrogens (primary N) is 1. The maximum Gasteiger partial charge on any atom is 0.134 e. The molecule has 0 aromatic heterocycles. The van der Waals surface area contributed by atoms with Crippen LogP contribution in [-0.4, -0.2) is 11.8 Å². The summed E-state index contributed by atoms with van der Waals surface area (Å²) < 4.78 is 0. The third-order valence-electron chi connectivity index (χ3n) is 1.76. The minimum absolute atomic E-state index is 0.0475. The van der Waals surface area contributed by atoms with Gasteiger partial charge in [-0.15, -0.1) is 0 Å². The van der Waals surface area contributed by atoms with Crippen molar-refractivity contribution in [3.63, 3.8) is 0 Å². The summed E-state index contributed by atoms with van der Waals surface area (Å²) in [5.74, 6) is 1.06. The summed E-state index contributed by atoms with van der Waals surface area (Å²) in [7, 11) is 0. The minimum Gasteiger partial charge on any atom is -0.328 e. The van der Waals surface area contributed by atoms with E-state index in [1.807, 2.05) is 6.92 Å². The summed E-state index contributed by atoms with van der Waals surface area (Å²) in [6, 6.07) is 0.0475. The second-order valence-corrected chi connectivity index (χ2v) is 3.37. The van der Waals surface area contributed by atoms with Gasteiger partial charge in [0.2, 0.25) is 0 Å². The molecule has 0 heterocycles. The van der Waals surface area contributed by atoms with Gasteiger partial charge in [-0.1, -0.05) is 0 Å². The largest absolute Gasteiger partial charge is 0.328 e. The molecule has 1 rings (SSSR count). The molecular weight excluding hydrogens is 126 g/mol. The third kappa shape index (κ3) is 2.97. The summed E-state index contributed by atoms with van der Waals surface area (Å²) in [6.45, 7) is 1.88. The van der Waals surface area contributed by atoms with Crippen molar-refractivity contribution in [2.45, 2.75) is 38.6 Å². The Bertz CT molecular complexity index is 121. The average molecular weight is 141 g/mol. The first kappa shape index (κ1) is 7.73. The number of Topliss-reactive ketones (excluding diaryl/α,β-unsaturated/α-hetero) is 1. The van der Waals surface area contributed by atoms with Crippen molar-refractivity contribution in [1.82, 2.24) is 0 Å². The van der Waals surface area contributed by atoms with Crippen molar-refractivity contribution in [2.24, 2.45) is 11.7 Å². The number of carbonyl (C=O) groups excluding carboxylic acids is 1. The second-order valence-electron chi connectivity index (χ2n) is 3.37. The van der Waals surface area contributed by atoms with Gasteiger partial charge in [-0.25, -0.2) is 0 Å². The molecule has 1 fully saturated rings.